The molecule has 1 fully saturated rings. The molecule has 1 saturated heterocycles. The van der Waals surface area contributed by atoms with E-state index in [1.54, 1.807) is 49.6 Å². The molecule has 1 amide bonds. The van der Waals surface area contributed by atoms with Gasteiger partial charge in [-0.1, -0.05) is 24.3 Å². The van der Waals surface area contributed by atoms with Gasteiger partial charge >= 0.3 is 0 Å². The van der Waals surface area contributed by atoms with Gasteiger partial charge in [-0.15, -0.1) is 0 Å². The van der Waals surface area contributed by atoms with E-state index < -0.39 is 17.7 Å². The van der Waals surface area contributed by atoms with Gasteiger partial charge in [0.15, 0.2) is 0 Å². The monoisotopic (exact) mass is 501 g/mol. The van der Waals surface area contributed by atoms with E-state index in [0.717, 1.165) is 11.1 Å². The number of carbonyl (C=O) groups is 2. The van der Waals surface area contributed by atoms with Crippen molar-refractivity contribution in [1.82, 2.24) is 4.90 Å². The van der Waals surface area contributed by atoms with Gasteiger partial charge < -0.3 is 24.2 Å². The number of Topliss-reactive ketones (excluding diaryl/α,β-unsaturated/α-hetero) is 1. The van der Waals surface area contributed by atoms with Crippen LogP contribution in [0.1, 0.15) is 42.1 Å². The molecule has 1 atom stereocenters. The number of likely N-dealkylation sites (tertiary alicyclic amines) is 1. The van der Waals surface area contributed by atoms with E-state index in [0.29, 0.717) is 41.6 Å². The number of nitrogens with zero attached hydrogens (tertiary/aromatic N) is 1. The molecule has 1 N–H and O–H groups in total. The summed E-state index contributed by atoms with van der Waals surface area (Å²) in [6.45, 7) is 6.86. The van der Waals surface area contributed by atoms with Crippen LogP contribution in [0.4, 0.5) is 0 Å². The first-order valence-corrected chi connectivity index (χ1v) is 12.3. The summed E-state index contributed by atoms with van der Waals surface area (Å²) in [7, 11) is 1.57. The first kappa shape index (κ1) is 25.8. The summed E-state index contributed by atoms with van der Waals surface area (Å²) in [5, 5.41) is 11.4. The van der Waals surface area contributed by atoms with Gasteiger partial charge in [-0.3, -0.25) is 9.59 Å². The summed E-state index contributed by atoms with van der Waals surface area (Å²) in [4.78, 5) is 28.2. The van der Waals surface area contributed by atoms with Gasteiger partial charge in [0, 0.05) is 12.1 Å². The van der Waals surface area contributed by atoms with Crippen molar-refractivity contribution < 1.29 is 28.9 Å². The van der Waals surface area contributed by atoms with Crippen molar-refractivity contribution in [3.05, 3.63) is 94.6 Å². The Kier molecular flexibility index (Phi) is 7.82. The molecule has 1 unspecified atom stereocenters. The van der Waals surface area contributed by atoms with Crippen LogP contribution in [0.15, 0.2) is 72.3 Å². The predicted molar refractivity (Wildman–Crippen MR) is 141 cm³/mol. The van der Waals surface area contributed by atoms with Gasteiger partial charge in [0.25, 0.3) is 11.7 Å². The van der Waals surface area contributed by atoms with E-state index in [4.69, 9.17) is 14.2 Å². The fourth-order valence-electron chi connectivity index (χ4n) is 4.54. The molecule has 7 nitrogen and oxygen atoms in total. The number of rotatable bonds is 9. The van der Waals surface area contributed by atoms with Gasteiger partial charge in [-0.2, -0.15) is 0 Å². The second-order valence-electron chi connectivity index (χ2n) is 8.69. The van der Waals surface area contributed by atoms with Crippen molar-refractivity contribution in [2.45, 2.75) is 33.4 Å². The number of aliphatic hydroxyl groups is 1. The third kappa shape index (κ3) is 5.31. The fourth-order valence-corrected chi connectivity index (χ4v) is 4.54. The Morgan fingerprint density at radius 3 is 2.30 bits per heavy atom. The summed E-state index contributed by atoms with van der Waals surface area (Å²) in [5.74, 6) is 0.392. The Labute approximate surface area is 216 Å². The maximum atomic E-state index is 13.4. The average Bonchev–Trinajstić information content (AvgIpc) is 3.15. The molecule has 0 aromatic heterocycles. The van der Waals surface area contributed by atoms with Crippen LogP contribution in [-0.2, 0) is 16.1 Å². The first-order chi connectivity index (χ1) is 17.9. The maximum Gasteiger partial charge on any atom is 0.295 e. The molecule has 3 aromatic carbocycles. The highest BCUT2D eigenvalue weighted by Gasteiger charge is 2.46. The van der Waals surface area contributed by atoms with Gasteiger partial charge in [0.05, 0.1) is 31.9 Å². The molecule has 1 heterocycles. The van der Waals surface area contributed by atoms with E-state index in [9.17, 15) is 14.7 Å². The van der Waals surface area contributed by atoms with E-state index >= 15 is 0 Å². The predicted octanol–water partition coefficient (Wildman–Crippen LogP) is 5.42. The third-order valence-electron chi connectivity index (χ3n) is 6.28. The summed E-state index contributed by atoms with van der Waals surface area (Å²) in [5.41, 5.74) is 2.79. The summed E-state index contributed by atoms with van der Waals surface area (Å²) in [6.07, 6.45) is 0. The van der Waals surface area contributed by atoms with Crippen LogP contribution in [0, 0.1) is 6.92 Å². The largest absolute Gasteiger partial charge is 0.507 e. The Morgan fingerprint density at radius 2 is 1.65 bits per heavy atom. The molecular weight excluding hydrogens is 470 g/mol. The lowest BCUT2D eigenvalue weighted by atomic mass is 9.94. The van der Waals surface area contributed by atoms with E-state index in [2.05, 4.69) is 0 Å². The molecule has 0 aliphatic carbocycles. The van der Waals surface area contributed by atoms with Crippen molar-refractivity contribution in [3.63, 3.8) is 0 Å². The lowest BCUT2D eigenvalue weighted by Crippen LogP contribution is -2.29. The van der Waals surface area contributed by atoms with Crippen molar-refractivity contribution in [2.75, 3.05) is 20.3 Å². The zero-order valence-electron chi connectivity index (χ0n) is 21.5. The summed E-state index contributed by atoms with van der Waals surface area (Å²) >= 11 is 0. The number of carbonyl (C=O) groups excluding carboxylic acids is 2. The molecule has 7 heteroatoms. The standard InChI is InChI=1S/C30H31NO6/c1-5-36-24-9-7-8-20(17-24)18-31-27(21-10-13-23(35-4)14-11-21)26(29(33)30(31)34)28(32)22-12-15-25(37-6-2)19(3)16-22/h7-17,27,32H,5-6,18H2,1-4H3/b28-26-. The fraction of sp³-hybridized carbons (Fsp3) is 0.267. The van der Waals surface area contributed by atoms with Crippen LogP contribution in [0.25, 0.3) is 5.76 Å². The van der Waals surface area contributed by atoms with Gasteiger partial charge in [-0.25, -0.2) is 0 Å². The zero-order valence-corrected chi connectivity index (χ0v) is 21.5. The number of aryl methyl sites for hydroxylation is 1. The quantitative estimate of drug-likeness (QED) is 0.239. The van der Waals surface area contributed by atoms with Crippen LogP contribution < -0.4 is 14.2 Å². The topological polar surface area (TPSA) is 85.3 Å². The smallest absolute Gasteiger partial charge is 0.295 e. The highest BCUT2D eigenvalue weighted by atomic mass is 16.5. The number of ketones is 1. The molecule has 0 bridgehead atoms. The zero-order chi connectivity index (χ0) is 26.5. The Morgan fingerprint density at radius 1 is 0.919 bits per heavy atom. The summed E-state index contributed by atoms with van der Waals surface area (Å²) in [6, 6.07) is 19.0. The SMILES string of the molecule is CCOc1cccc(CN2C(=O)C(=O)/C(=C(\O)c3ccc(OCC)c(C)c3)C2c2ccc(OC)cc2)c1. The average molecular weight is 502 g/mol. The molecule has 0 saturated carbocycles. The van der Waals surface area contributed by atoms with Gasteiger partial charge in [-0.05, 0) is 79.9 Å². The van der Waals surface area contributed by atoms with E-state index in [1.807, 2.05) is 45.0 Å². The van der Waals surface area contributed by atoms with Crippen LogP contribution >= 0.6 is 0 Å². The van der Waals surface area contributed by atoms with Crippen molar-refractivity contribution in [3.8, 4) is 17.2 Å². The molecule has 1 aliphatic heterocycles. The minimum Gasteiger partial charge on any atom is -0.507 e. The van der Waals surface area contributed by atoms with Crippen molar-refractivity contribution >= 4 is 17.4 Å². The van der Waals surface area contributed by atoms with Gasteiger partial charge in [0.2, 0.25) is 0 Å². The first-order valence-electron chi connectivity index (χ1n) is 12.3. The van der Waals surface area contributed by atoms with E-state index in [-0.39, 0.29) is 17.9 Å². The second-order valence-corrected chi connectivity index (χ2v) is 8.69. The number of amides is 1. The minimum atomic E-state index is -0.784. The second kappa shape index (κ2) is 11.2. The molecule has 3 aromatic rings. The molecule has 1 aliphatic rings. The Bertz CT molecular complexity index is 1330. The number of aliphatic hydroxyl groups excluding tert-OH is 1. The number of hydrogen-bond donors (Lipinski definition) is 1. The number of hydrogen-bond acceptors (Lipinski definition) is 6. The van der Waals surface area contributed by atoms with Crippen LogP contribution in [0.3, 0.4) is 0 Å². The van der Waals surface area contributed by atoms with Gasteiger partial charge in [0.1, 0.15) is 23.0 Å². The Hall–Kier alpha value is -4.26. The third-order valence-corrected chi connectivity index (χ3v) is 6.28. The number of methoxy groups -OCH3 is 1. The number of benzene rings is 3. The van der Waals surface area contributed by atoms with Crippen LogP contribution in [0.2, 0.25) is 0 Å². The number of ether oxygens (including phenoxy) is 3. The molecule has 0 spiro atoms. The molecule has 37 heavy (non-hydrogen) atoms. The van der Waals surface area contributed by atoms with Crippen molar-refractivity contribution in [1.29, 1.82) is 0 Å². The normalized spacial score (nSPS) is 16.6. The molecule has 4 rings (SSSR count). The lowest BCUT2D eigenvalue weighted by Gasteiger charge is -2.26. The van der Waals surface area contributed by atoms with Crippen LogP contribution in [-0.4, -0.2) is 42.0 Å². The van der Waals surface area contributed by atoms with E-state index in [1.165, 1.54) is 4.90 Å². The maximum absolute atomic E-state index is 13.4. The molecule has 192 valence electrons. The highest BCUT2D eigenvalue weighted by molar-refractivity contribution is 6.46. The highest BCUT2D eigenvalue weighted by Crippen LogP contribution is 2.41. The molecular formula is C30H31NO6. The lowest BCUT2D eigenvalue weighted by molar-refractivity contribution is -0.140. The Balaban J connectivity index is 1.81. The van der Waals surface area contributed by atoms with Crippen molar-refractivity contribution in [2.24, 2.45) is 0 Å². The summed E-state index contributed by atoms with van der Waals surface area (Å²) < 4.78 is 16.5. The molecule has 0 radical (unpaired) electrons. The van der Waals surface area contributed by atoms with Crippen LogP contribution in [0.5, 0.6) is 17.2 Å². The minimum absolute atomic E-state index is 0.0414.